The van der Waals surface area contributed by atoms with Crippen molar-refractivity contribution < 1.29 is 14.3 Å². The normalized spacial score (nSPS) is 29.2. The third-order valence-electron chi connectivity index (χ3n) is 5.34. The molecule has 0 spiro atoms. The number of hydrogen-bond acceptors (Lipinski definition) is 4. The highest BCUT2D eigenvalue weighted by molar-refractivity contribution is 5.94. The highest BCUT2D eigenvalue weighted by Crippen LogP contribution is 2.35. The van der Waals surface area contributed by atoms with E-state index in [9.17, 15) is 9.59 Å². The largest absolute Gasteiger partial charge is 0.374 e. The maximum absolute atomic E-state index is 12.8. The minimum absolute atomic E-state index is 0.0110. The molecule has 1 aromatic rings. The first kappa shape index (κ1) is 15.6. The van der Waals surface area contributed by atoms with E-state index in [-0.39, 0.29) is 29.9 Å². The van der Waals surface area contributed by atoms with Gasteiger partial charge < -0.3 is 15.0 Å². The van der Waals surface area contributed by atoms with Crippen molar-refractivity contribution in [2.45, 2.75) is 37.8 Å². The molecule has 1 N–H and O–H groups in total. The number of amides is 2. The van der Waals surface area contributed by atoms with E-state index in [1.807, 2.05) is 4.90 Å². The molecule has 3 fully saturated rings. The maximum Gasteiger partial charge on any atom is 0.255 e. The summed E-state index contributed by atoms with van der Waals surface area (Å²) in [7, 11) is 0. The van der Waals surface area contributed by atoms with Gasteiger partial charge in [-0.15, -0.1) is 0 Å². The Morgan fingerprint density at radius 1 is 1.33 bits per heavy atom. The Bertz CT molecular complexity index is 617. The molecular formula is C18H23N3O3. The first-order valence-electron chi connectivity index (χ1n) is 8.82. The minimum atomic E-state index is -0.0546. The van der Waals surface area contributed by atoms with Crippen molar-refractivity contribution in [1.29, 1.82) is 0 Å². The van der Waals surface area contributed by atoms with Gasteiger partial charge in [-0.05, 0) is 43.7 Å². The summed E-state index contributed by atoms with van der Waals surface area (Å²) in [6.45, 7) is 1.90. The lowest BCUT2D eigenvalue weighted by Crippen LogP contribution is -2.51. The van der Waals surface area contributed by atoms with E-state index in [0.717, 1.165) is 6.54 Å². The summed E-state index contributed by atoms with van der Waals surface area (Å²) in [6.07, 6.45) is 7.08. The maximum atomic E-state index is 12.8. The number of carbonyl (C=O) groups is 2. The lowest BCUT2D eigenvalue weighted by atomic mass is 10.1. The number of nitrogens with zero attached hydrogens (tertiary/aromatic N) is 2. The molecule has 0 unspecified atom stereocenters. The number of pyridine rings is 1. The molecule has 6 nitrogen and oxygen atoms in total. The quantitative estimate of drug-likeness (QED) is 0.902. The molecule has 2 aliphatic carbocycles. The average Bonchev–Trinajstić information content (AvgIpc) is 3.35. The van der Waals surface area contributed by atoms with Crippen LogP contribution in [-0.4, -0.2) is 53.5 Å². The van der Waals surface area contributed by atoms with Crippen molar-refractivity contribution in [2.75, 3.05) is 19.7 Å². The lowest BCUT2D eigenvalue weighted by molar-refractivity contribution is -0.125. The molecule has 2 amide bonds. The summed E-state index contributed by atoms with van der Waals surface area (Å²) >= 11 is 0. The summed E-state index contributed by atoms with van der Waals surface area (Å²) in [4.78, 5) is 31.1. The Balaban J connectivity index is 1.42. The van der Waals surface area contributed by atoms with Crippen molar-refractivity contribution >= 4 is 11.8 Å². The van der Waals surface area contributed by atoms with E-state index in [0.29, 0.717) is 37.5 Å². The van der Waals surface area contributed by atoms with Gasteiger partial charge in [0.1, 0.15) is 0 Å². The molecule has 1 saturated heterocycles. The van der Waals surface area contributed by atoms with Crippen LogP contribution in [0.25, 0.3) is 0 Å². The Morgan fingerprint density at radius 2 is 2.21 bits per heavy atom. The minimum Gasteiger partial charge on any atom is -0.374 e. The molecule has 2 heterocycles. The van der Waals surface area contributed by atoms with Gasteiger partial charge in [0.25, 0.3) is 5.91 Å². The van der Waals surface area contributed by atoms with Crippen molar-refractivity contribution in [3.63, 3.8) is 0 Å². The zero-order valence-corrected chi connectivity index (χ0v) is 13.7. The topological polar surface area (TPSA) is 71.5 Å². The van der Waals surface area contributed by atoms with Crippen LogP contribution in [0.4, 0.5) is 0 Å². The Morgan fingerprint density at radius 3 is 2.96 bits per heavy atom. The van der Waals surface area contributed by atoms with Crippen LogP contribution in [-0.2, 0) is 9.53 Å². The molecule has 4 rings (SSSR count). The summed E-state index contributed by atoms with van der Waals surface area (Å²) in [5.74, 6) is 0.729. The number of fused-ring (bicyclic) bond motifs is 1. The third kappa shape index (κ3) is 3.15. The van der Waals surface area contributed by atoms with E-state index in [1.54, 1.807) is 24.5 Å². The van der Waals surface area contributed by atoms with Crippen molar-refractivity contribution in [1.82, 2.24) is 15.2 Å². The summed E-state index contributed by atoms with van der Waals surface area (Å²) in [6, 6.07) is 3.55. The fraction of sp³-hybridized carbons (Fsp3) is 0.611. The van der Waals surface area contributed by atoms with Gasteiger partial charge in [0.15, 0.2) is 0 Å². The highest BCUT2D eigenvalue weighted by atomic mass is 16.5. The fourth-order valence-electron chi connectivity index (χ4n) is 3.78. The first-order valence-corrected chi connectivity index (χ1v) is 8.82. The van der Waals surface area contributed by atoms with Gasteiger partial charge in [0.2, 0.25) is 5.91 Å². The highest BCUT2D eigenvalue weighted by Gasteiger charge is 2.45. The van der Waals surface area contributed by atoms with Gasteiger partial charge in [0, 0.05) is 31.4 Å². The van der Waals surface area contributed by atoms with E-state index < -0.39 is 0 Å². The Labute approximate surface area is 141 Å². The molecule has 3 atom stereocenters. The summed E-state index contributed by atoms with van der Waals surface area (Å²) in [5.41, 5.74) is 0.597. The van der Waals surface area contributed by atoms with Gasteiger partial charge in [-0.2, -0.15) is 0 Å². The molecule has 0 bridgehead atoms. The Kier molecular flexibility index (Phi) is 4.22. The lowest BCUT2D eigenvalue weighted by Gasteiger charge is -2.37. The first-order chi connectivity index (χ1) is 11.7. The van der Waals surface area contributed by atoms with Gasteiger partial charge in [-0.25, -0.2) is 0 Å². The van der Waals surface area contributed by atoms with Crippen molar-refractivity contribution in [2.24, 2.45) is 11.8 Å². The third-order valence-corrected chi connectivity index (χ3v) is 5.34. The number of rotatable bonds is 4. The van der Waals surface area contributed by atoms with Gasteiger partial charge in [0.05, 0.1) is 24.3 Å². The molecule has 24 heavy (non-hydrogen) atoms. The molecule has 3 aliphatic rings. The average molecular weight is 329 g/mol. The second-order valence-corrected chi connectivity index (χ2v) is 7.07. The number of carbonyl (C=O) groups excluding carboxylic acids is 2. The fourth-order valence-corrected chi connectivity index (χ4v) is 3.78. The number of hydrogen-bond donors (Lipinski definition) is 1. The monoisotopic (exact) mass is 329 g/mol. The summed E-state index contributed by atoms with van der Waals surface area (Å²) < 4.78 is 5.85. The molecule has 0 aromatic carbocycles. The van der Waals surface area contributed by atoms with E-state index in [2.05, 4.69) is 10.3 Å². The molecule has 0 radical (unpaired) electrons. The summed E-state index contributed by atoms with van der Waals surface area (Å²) in [5, 5.41) is 3.06. The van der Waals surface area contributed by atoms with Crippen LogP contribution in [0.5, 0.6) is 0 Å². The van der Waals surface area contributed by atoms with E-state index >= 15 is 0 Å². The van der Waals surface area contributed by atoms with Crippen LogP contribution >= 0.6 is 0 Å². The number of aromatic nitrogens is 1. The number of ether oxygens (including phenoxy) is 1. The van der Waals surface area contributed by atoms with Crippen LogP contribution in [0.15, 0.2) is 24.5 Å². The molecule has 128 valence electrons. The van der Waals surface area contributed by atoms with Crippen LogP contribution in [0.1, 0.15) is 36.0 Å². The van der Waals surface area contributed by atoms with Crippen LogP contribution < -0.4 is 5.32 Å². The van der Waals surface area contributed by atoms with Gasteiger partial charge in [-0.1, -0.05) is 0 Å². The van der Waals surface area contributed by atoms with Crippen LogP contribution in [0.3, 0.4) is 0 Å². The molecule has 6 heteroatoms. The molecule has 1 aromatic heterocycles. The number of morpholine rings is 1. The molecular weight excluding hydrogens is 306 g/mol. The van der Waals surface area contributed by atoms with Gasteiger partial charge >= 0.3 is 0 Å². The smallest absolute Gasteiger partial charge is 0.255 e. The standard InChI is InChI=1S/C18H23N3O3/c22-17(20-10-12-3-4-12)14-8-15-16(9-14)24-7-6-21(15)18(23)13-2-1-5-19-11-13/h1-2,5,11-12,14-16H,3-4,6-10H2,(H,20,22)/t14-,15+,16+/m1/s1. The van der Waals surface area contributed by atoms with Crippen LogP contribution in [0, 0.1) is 11.8 Å². The zero-order valence-electron chi connectivity index (χ0n) is 13.7. The predicted molar refractivity (Wildman–Crippen MR) is 87.3 cm³/mol. The Hall–Kier alpha value is -1.95. The second kappa shape index (κ2) is 6.51. The van der Waals surface area contributed by atoms with Crippen LogP contribution in [0.2, 0.25) is 0 Å². The van der Waals surface area contributed by atoms with Crippen molar-refractivity contribution in [3.05, 3.63) is 30.1 Å². The van der Waals surface area contributed by atoms with Gasteiger partial charge in [-0.3, -0.25) is 14.6 Å². The number of nitrogens with one attached hydrogen (secondary N) is 1. The zero-order chi connectivity index (χ0) is 16.5. The van der Waals surface area contributed by atoms with E-state index in [4.69, 9.17) is 4.74 Å². The predicted octanol–water partition coefficient (Wildman–Crippen LogP) is 1.23. The van der Waals surface area contributed by atoms with E-state index in [1.165, 1.54) is 12.8 Å². The SMILES string of the molecule is O=C(NCC1CC1)[C@H]1C[C@@H]2OCCN(C(=O)c3cccnc3)[C@H]2C1. The molecule has 2 saturated carbocycles. The van der Waals surface area contributed by atoms with Crippen molar-refractivity contribution in [3.8, 4) is 0 Å². The molecule has 1 aliphatic heterocycles. The second-order valence-electron chi connectivity index (χ2n) is 7.07.